The molecule has 0 aliphatic rings. The number of rotatable bonds is 6. The number of amides is 1. The summed E-state index contributed by atoms with van der Waals surface area (Å²) in [6.07, 6.45) is 1.60. The second kappa shape index (κ2) is 6.91. The van der Waals surface area contributed by atoms with E-state index in [0.29, 0.717) is 13.1 Å². The fraction of sp³-hybridized carbons (Fsp3) is 0.312. The number of benzene rings is 1. The zero-order chi connectivity index (χ0) is 14.4. The summed E-state index contributed by atoms with van der Waals surface area (Å²) in [6, 6.07) is 14.0. The average Bonchev–Trinajstić information content (AvgIpc) is 2.98. The quantitative estimate of drug-likeness (QED) is 0.879. The van der Waals surface area contributed by atoms with Gasteiger partial charge in [0.2, 0.25) is 5.91 Å². The van der Waals surface area contributed by atoms with Crippen LogP contribution in [0.4, 0.5) is 0 Å². The van der Waals surface area contributed by atoms with E-state index in [1.807, 2.05) is 42.3 Å². The maximum Gasteiger partial charge on any atom is 0.234 e. The number of carbonyl (C=O) groups excluding carboxylic acids is 1. The largest absolute Gasteiger partial charge is 0.467 e. The first-order valence-electron chi connectivity index (χ1n) is 6.71. The van der Waals surface area contributed by atoms with Crippen LogP contribution < -0.4 is 5.32 Å². The molecule has 0 saturated carbocycles. The molecule has 20 heavy (non-hydrogen) atoms. The molecule has 4 nitrogen and oxygen atoms in total. The fourth-order valence-corrected chi connectivity index (χ4v) is 2.00. The molecule has 0 aliphatic carbocycles. The van der Waals surface area contributed by atoms with Crippen molar-refractivity contribution in [2.75, 3.05) is 13.6 Å². The van der Waals surface area contributed by atoms with Crippen molar-refractivity contribution >= 4 is 5.91 Å². The molecule has 0 fully saturated rings. The number of nitrogens with zero attached hydrogens (tertiary/aromatic N) is 1. The highest BCUT2D eigenvalue weighted by molar-refractivity contribution is 5.77. The van der Waals surface area contributed by atoms with Crippen molar-refractivity contribution in [2.45, 2.75) is 19.5 Å². The summed E-state index contributed by atoms with van der Waals surface area (Å²) in [7, 11) is 1.95. The predicted molar refractivity (Wildman–Crippen MR) is 78.0 cm³/mol. The third-order valence-corrected chi connectivity index (χ3v) is 3.38. The van der Waals surface area contributed by atoms with Gasteiger partial charge in [-0.3, -0.25) is 9.69 Å². The second-order valence-corrected chi connectivity index (χ2v) is 4.86. The third-order valence-electron chi connectivity index (χ3n) is 3.38. The third kappa shape index (κ3) is 3.96. The molecule has 2 aromatic rings. The van der Waals surface area contributed by atoms with Gasteiger partial charge in [-0.05, 0) is 31.7 Å². The molecular formula is C16H20N2O2. The number of carbonyl (C=O) groups is 1. The van der Waals surface area contributed by atoms with Crippen LogP contribution in [0.25, 0.3) is 0 Å². The minimum absolute atomic E-state index is 0.00770. The van der Waals surface area contributed by atoms with Crippen molar-refractivity contribution in [3.63, 3.8) is 0 Å². The number of likely N-dealkylation sites (N-methyl/N-ethyl adjacent to an activating group) is 1. The van der Waals surface area contributed by atoms with E-state index in [1.54, 1.807) is 6.26 Å². The Hall–Kier alpha value is -2.07. The summed E-state index contributed by atoms with van der Waals surface area (Å²) >= 11 is 0. The molecule has 1 amide bonds. The van der Waals surface area contributed by atoms with Crippen molar-refractivity contribution in [2.24, 2.45) is 0 Å². The normalized spacial score (nSPS) is 12.3. The minimum atomic E-state index is -0.00770. The Morgan fingerprint density at radius 3 is 2.65 bits per heavy atom. The molecule has 0 unspecified atom stereocenters. The van der Waals surface area contributed by atoms with Gasteiger partial charge in [0.15, 0.2) is 0 Å². The van der Waals surface area contributed by atoms with Crippen LogP contribution in [0.2, 0.25) is 0 Å². The van der Waals surface area contributed by atoms with Crippen LogP contribution in [-0.4, -0.2) is 24.4 Å². The number of hydrogen-bond donors (Lipinski definition) is 1. The summed E-state index contributed by atoms with van der Waals surface area (Å²) in [5.74, 6) is 0.754. The SMILES string of the molecule is C[C@@H](c1ccccc1)N(C)CC(=O)NCc1ccco1. The van der Waals surface area contributed by atoms with E-state index in [2.05, 4.69) is 24.4 Å². The van der Waals surface area contributed by atoms with Gasteiger partial charge in [-0.2, -0.15) is 0 Å². The van der Waals surface area contributed by atoms with Crippen LogP contribution in [0.1, 0.15) is 24.3 Å². The van der Waals surface area contributed by atoms with E-state index in [4.69, 9.17) is 4.42 Å². The standard InChI is InChI=1S/C16H20N2O2/c1-13(14-7-4-3-5-8-14)18(2)12-16(19)17-11-15-9-6-10-20-15/h3-10,13H,11-12H2,1-2H3,(H,17,19)/t13-/m0/s1. The summed E-state index contributed by atoms with van der Waals surface area (Å²) in [6.45, 7) is 2.88. The average molecular weight is 272 g/mol. The molecule has 1 heterocycles. The van der Waals surface area contributed by atoms with Gasteiger partial charge < -0.3 is 9.73 Å². The van der Waals surface area contributed by atoms with Gasteiger partial charge in [0.1, 0.15) is 5.76 Å². The van der Waals surface area contributed by atoms with Gasteiger partial charge in [-0.25, -0.2) is 0 Å². The van der Waals surface area contributed by atoms with Gasteiger partial charge in [-0.1, -0.05) is 30.3 Å². The van der Waals surface area contributed by atoms with Gasteiger partial charge in [-0.15, -0.1) is 0 Å². The lowest BCUT2D eigenvalue weighted by molar-refractivity contribution is -0.122. The fourth-order valence-electron chi connectivity index (χ4n) is 2.00. The summed E-state index contributed by atoms with van der Waals surface area (Å²) in [5, 5.41) is 2.85. The zero-order valence-electron chi connectivity index (χ0n) is 11.9. The molecule has 0 radical (unpaired) electrons. The molecule has 1 aromatic heterocycles. The van der Waals surface area contributed by atoms with Crippen LogP contribution in [0, 0.1) is 0 Å². The Morgan fingerprint density at radius 1 is 1.25 bits per heavy atom. The molecule has 0 aliphatic heterocycles. The molecule has 4 heteroatoms. The van der Waals surface area contributed by atoms with Crippen molar-refractivity contribution in [3.8, 4) is 0 Å². The first-order valence-corrected chi connectivity index (χ1v) is 6.71. The van der Waals surface area contributed by atoms with E-state index < -0.39 is 0 Å². The van der Waals surface area contributed by atoms with Crippen molar-refractivity contribution in [3.05, 3.63) is 60.1 Å². The lowest BCUT2D eigenvalue weighted by atomic mass is 10.1. The Bertz CT molecular complexity index is 523. The zero-order valence-corrected chi connectivity index (χ0v) is 11.9. The van der Waals surface area contributed by atoms with Gasteiger partial charge in [0.25, 0.3) is 0 Å². The van der Waals surface area contributed by atoms with Gasteiger partial charge >= 0.3 is 0 Å². The van der Waals surface area contributed by atoms with Crippen LogP contribution in [0.3, 0.4) is 0 Å². The minimum Gasteiger partial charge on any atom is -0.467 e. The summed E-state index contributed by atoms with van der Waals surface area (Å²) in [4.78, 5) is 13.9. The molecular weight excluding hydrogens is 252 g/mol. The number of hydrogen-bond acceptors (Lipinski definition) is 3. The van der Waals surface area contributed by atoms with Gasteiger partial charge in [0, 0.05) is 6.04 Å². The Kier molecular flexibility index (Phi) is 4.96. The molecule has 2 rings (SSSR count). The summed E-state index contributed by atoms with van der Waals surface area (Å²) < 4.78 is 5.18. The smallest absolute Gasteiger partial charge is 0.234 e. The van der Waals surface area contributed by atoms with E-state index >= 15 is 0 Å². The maximum absolute atomic E-state index is 11.9. The number of nitrogens with one attached hydrogen (secondary N) is 1. The highest BCUT2D eigenvalue weighted by Gasteiger charge is 2.14. The highest BCUT2D eigenvalue weighted by atomic mass is 16.3. The Labute approximate surface area is 119 Å². The first kappa shape index (κ1) is 14.3. The molecule has 0 bridgehead atoms. The monoisotopic (exact) mass is 272 g/mol. The second-order valence-electron chi connectivity index (χ2n) is 4.86. The van der Waals surface area contributed by atoms with Crippen molar-refractivity contribution in [1.29, 1.82) is 0 Å². The molecule has 0 saturated heterocycles. The van der Waals surface area contributed by atoms with Crippen molar-refractivity contribution in [1.82, 2.24) is 10.2 Å². The molecule has 0 spiro atoms. The van der Waals surface area contributed by atoms with E-state index in [9.17, 15) is 4.79 Å². The van der Waals surface area contributed by atoms with E-state index in [-0.39, 0.29) is 11.9 Å². The van der Waals surface area contributed by atoms with Crippen LogP contribution in [-0.2, 0) is 11.3 Å². The topological polar surface area (TPSA) is 45.5 Å². The van der Waals surface area contributed by atoms with Crippen LogP contribution in [0.5, 0.6) is 0 Å². The van der Waals surface area contributed by atoms with Crippen LogP contribution in [0.15, 0.2) is 53.1 Å². The molecule has 106 valence electrons. The molecule has 1 aromatic carbocycles. The van der Waals surface area contributed by atoms with Crippen LogP contribution >= 0.6 is 0 Å². The maximum atomic E-state index is 11.9. The predicted octanol–water partition coefficient (Wildman–Crippen LogP) is 2.59. The summed E-state index contributed by atoms with van der Waals surface area (Å²) in [5.41, 5.74) is 1.20. The van der Waals surface area contributed by atoms with Crippen molar-refractivity contribution < 1.29 is 9.21 Å². The lowest BCUT2D eigenvalue weighted by Gasteiger charge is -2.24. The van der Waals surface area contributed by atoms with E-state index in [0.717, 1.165) is 5.76 Å². The lowest BCUT2D eigenvalue weighted by Crippen LogP contribution is -2.36. The van der Waals surface area contributed by atoms with E-state index in [1.165, 1.54) is 5.56 Å². The number of furan rings is 1. The highest BCUT2D eigenvalue weighted by Crippen LogP contribution is 2.17. The van der Waals surface area contributed by atoms with Gasteiger partial charge in [0.05, 0.1) is 19.4 Å². The Balaban J connectivity index is 1.81. The first-order chi connectivity index (χ1) is 9.66. The molecule has 1 atom stereocenters. The Morgan fingerprint density at radius 2 is 2.00 bits per heavy atom. The molecule has 1 N–H and O–H groups in total.